The molecule has 0 bridgehead atoms. The van der Waals surface area contributed by atoms with Gasteiger partial charge in [0.15, 0.2) is 5.76 Å². The van der Waals surface area contributed by atoms with Crippen LogP contribution in [0.25, 0.3) is 0 Å². The molecule has 6 nitrogen and oxygen atoms in total. The maximum atomic E-state index is 13.2. The van der Waals surface area contributed by atoms with Crippen LogP contribution in [0.2, 0.25) is 0 Å². The number of aromatic nitrogens is 1. The number of rotatable bonds is 6. The highest BCUT2D eigenvalue weighted by Crippen LogP contribution is 2.39. The number of aryl methyl sites for hydroxylation is 3. The van der Waals surface area contributed by atoms with Gasteiger partial charge in [0.25, 0.3) is 5.91 Å². The highest BCUT2D eigenvalue weighted by Gasteiger charge is 2.44. The largest absolute Gasteiger partial charge is 0.503 e. The third-order valence-corrected chi connectivity index (χ3v) is 5.77. The number of aliphatic hydroxyl groups is 2. The maximum Gasteiger partial charge on any atom is 0.290 e. The molecule has 1 amide bonds. The predicted molar refractivity (Wildman–Crippen MR) is 103 cm³/mol. The Labute approximate surface area is 161 Å². The average Bonchev–Trinajstić information content (AvgIpc) is 3.12. The second-order valence-corrected chi connectivity index (χ2v) is 7.66. The number of thiazole rings is 1. The molecule has 0 aliphatic carbocycles. The summed E-state index contributed by atoms with van der Waals surface area (Å²) in [6.07, 6.45) is 0.871. The van der Waals surface area contributed by atoms with E-state index in [1.807, 2.05) is 38.1 Å². The van der Waals surface area contributed by atoms with E-state index in [4.69, 9.17) is 0 Å². The highest BCUT2D eigenvalue weighted by molar-refractivity contribution is 7.14. The van der Waals surface area contributed by atoms with Gasteiger partial charge in [0.05, 0.1) is 33.8 Å². The van der Waals surface area contributed by atoms with Crippen LogP contribution in [0.15, 0.2) is 35.6 Å². The SMILES string of the molecule is CCc1ccc([C@H]2C(C(=O)c3sc(C)nc3C)=C(O)C(=O)N2CCO)cc1. The van der Waals surface area contributed by atoms with Crippen LogP contribution in [0.5, 0.6) is 0 Å². The number of benzene rings is 1. The molecule has 0 saturated carbocycles. The number of amides is 1. The molecule has 0 unspecified atom stereocenters. The summed E-state index contributed by atoms with van der Waals surface area (Å²) in [4.78, 5) is 31.8. The summed E-state index contributed by atoms with van der Waals surface area (Å²) in [5.41, 5.74) is 2.48. The van der Waals surface area contributed by atoms with Crippen molar-refractivity contribution in [2.24, 2.45) is 0 Å². The minimum Gasteiger partial charge on any atom is -0.503 e. The summed E-state index contributed by atoms with van der Waals surface area (Å²) >= 11 is 1.25. The lowest BCUT2D eigenvalue weighted by Crippen LogP contribution is -2.33. The molecular weight excluding hydrogens is 364 g/mol. The second kappa shape index (κ2) is 7.62. The van der Waals surface area contributed by atoms with Crippen LogP contribution in [0.1, 0.15) is 44.5 Å². The average molecular weight is 386 g/mol. The van der Waals surface area contributed by atoms with Crippen molar-refractivity contribution >= 4 is 23.0 Å². The van der Waals surface area contributed by atoms with Crippen molar-refractivity contribution in [1.29, 1.82) is 0 Å². The van der Waals surface area contributed by atoms with Crippen LogP contribution in [-0.4, -0.2) is 44.9 Å². The zero-order valence-electron chi connectivity index (χ0n) is 15.5. The van der Waals surface area contributed by atoms with Crippen molar-refractivity contribution in [2.75, 3.05) is 13.2 Å². The quantitative estimate of drug-likeness (QED) is 0.745. The van der Waals surface area contributed by atoms with Crippen LogP contribution in [0.3, 0.4) is 0 Å². The minimum atomic E-state index is -0.732. The third kappa shape index (κ3) is 3.40. The number of hydrogen-bond acceptors (Lipinski definition) is 6. The first-order valence-electron chi connectivity index (χ1n) is 8.81. The minimum absolute atomic E-state index is 0.0283. The molecule has 0 radical (unpaired) electrons. The molecule has 1 atom stereocenters. The van der Waals surface area contributed by atoms with Gasteiger partial charge in [-0.1, -0.05) is 31.2 Å². The van der Waals surface area contributed by atoms with E-state index in [1.54, 1.807) is 6.92 Å². The predicted octanol–water partition coefficient (Wildman–Crippen LogP) is 2.89. The van der Waals surface area contributed by atoms with Gasteiger partial charge in [-0.05, 0) is 31.4 Å². The summed E-state index contributed by atoms with van der Waals surface area (Å²) in [7, 11) is 0. The molecule has 0 saturated heterocycles. The molecule has 1 aliphatic heterocycles. The van der Waals surface area contributed by atoms with Crippen molar-refractivity contribution in [3.8, 4) is 0 Å². The Kier molecular flexibility index (Phi) is 5.43. The molecule has 1 aromatic heterocycles. The Balaban J connectivity index is 2.10. The van der Waals surface area contributed by atoms with E-state index in [2.05, 4.69) is 4.98 Å². The number of β-amino-alcohol motifs (C(OH)–C–C–N with tert-alkyl or cyclic N) is 1. The Morgan fingerprint density at radius 3 is 2.44 bits per heavy atom. The lowest BCUT2D eigenvalue weighted by molar-refractivity contribution is -0.129. The van der Waals surface area contributed by atoms with Gasteiger partial charge in [-0.15, -0.1) is 11.3 Å². The van der Waals surface area contributed by atoms with Crippen LogP contribution < -0.4 is 0 Å². The molecule has 1 aliphatic rings. The van der Waals surface area contributed by atoms with Crippen LogP contribution in [0, 0.1) is 13.8 Å². The Morgan fingerprint density at radius 1 is 1.26 bits per heavy atom. The summed E-state index contributed by atoms with van der Waals surface area (Å²) in [6, 6.07) is 6.87. The molecule has 3 rings (SSSR count). The standard InChI is InChI=1S/C20H22N2O4S/c1-4-13-5-7-14(8-6-13)16-15(18(25)20(26)22(16)9-10-23)17(24)19-11(2)21-12(3)27-19/h5-8,16,23,25H,4,9-10H2,1-3H3/t16-/m0/s1. The Bertz CT molecular complexity index is 915. The summed E-state index contributed by atoms with van der Waals surface area (Å²) < 4.78 is 0. The molecule has 0 fully saturated rings. The van der Waals surface area contributed by atoms with Crippen LogP contribution >= 0.6 is 11.3 Å². The number of carbonyl (C=O) groups is 2. The molecule has 0 spiro atoms. The van der Waals surface area contributed by atoms with Gasteiger partial charge in [-0.25, -0.2) is 4.98 Å². The van der Waals surface area contributed by atoms with Crippen molar-refractivity contribution in [3.63, 3.8) is 0 Å². The molecule has 2 aromatic rings. The first-order chi connectivity index (χ1) is 12.9. The zero-order valence-corrected chi connectivity index (χ0v) is 16.3. The highest BCUT2D eigenvalue weighted by atomic mass is 32.1. The van der Waals surface area contributed by atoms with E-state index in [0.717, 1.165) is 22.6 Å². The van der Waals surface area contributed by atoms with Crippen molar-refractivity contribution in [2.45, 2.75) is 33.2 Å². The van der Waals surface area contributed by atoms with Gasteiger partial charge in [-0.2, -0.15) is 0 Å². The van der Waals surface area contributed by atoms with E-state index in [9.17, 15) is 19.8 Å². The van der Waals surface area contributed by atoms with E-state index in [1.165, 1.54) is 16.2 Å². The number of aliphatic hydroxyl groups excluding tert-OH is 2. The van der Waals surface area contributed by atoms with E-state index in [0.29, 0.717) is 10.6 Å². The van der Waals surface area contributed by atoms with Gasteiger partial charge in [0.2, 0.25) is 5.78 Å². The Hall–Kier alpha value is -2.51. The number of nitrogens with zero attached hydrogens (tertiary/aromatic N) is 2. The molecular formula is C20H22N2O4S. The molecule has 27 heavy (non-hydrogen) atoms. The third-order valence-electron chi connectivity index (χ3n) is 4.70. The maximum absolute atomic E-state index is 13.2. The number of Topliss-reactive ketones (excluding diaryl/α,β-unsaturated/α-hetero) is 1. The van der Waals surface area contributed by atoms with Gasteiger partial charge in [-0.3, -0.25) is 9.59 Å². The topological polar surface area (TPSA) is 90.7 Å². The van der Waals surface area contributed by atoms with Gasteiger partial charge in [0, 0.05) is 6.54 Å². The first-order valence-corrected chi connectivity index (χ1v) is 9.63. The zero-order chi connectivity index (χ0) is 19.7. The molecule has 2 N–H and O–H groups in total. The fraction of sp³-hybridized carbons (Fsp3) is 0.350. The number of ketones is 1. The lowest BCUT2D eigenvalue weighted by Gasteiger charge is -2.26. The normalized spacial score (nSPS) is 17.1. The second-order valence-electron chi connectivity index (χ2n) is 6.46. The van der Waals surface area contributed by atoms with Crippen molar-refractivity contribution in [3.05, 3.63) is 62.3 Å². The summed E-state index contributed by atoms with van der Waals surface area (Å²) in [5.74, 6) is -1.59. The van der Waals surface area contributed by atoms with E-state index < -0.39 is 23.5 Å². The van der Waals surface area contributed by atoms with Crippen molar-refractivity contribution in [1.82, 2.24) is 9.88 Å². The van der Waals surface area contributed by atoms with E-state index >= 15 is 0 Å². The van der Waals surface area contributed by atoms with Crippen LogP contribution in [0.4, 0.5) is 0 Å². The Morgan fingerprint density at radius 2 is 1.93 bits per heavy atom. The summed E-state index contributed by atoms with van der Waals surface area (Å²) in [6.45, 7) is 5.36. The van der Waals surface area contributed by atoms with Crippen LogP contribution in [-0.2, 0) is 11.2 Å². The van der Waals surface area contributed by atoms with Gasteiger partial charge in [0.1, 0.15) is 0 Å². The van der Waals surface area contributed by atoms with Gasteiger partial charge < -0.3 is 15.1 Å². The van der Waals surface area contributed by atoms with Gasteiger partial charge >= 0.3 is 0 Å². The summed E-state index contributed by atoms with van der Waals surface area (Å²) in [5, 5.41) is 20.6. The monoisotopic (exact) mass is 386 g/mol. The fourth-order valence-electron chi connectivity index (χ4n) is 3.37. The van der Waals surface area contributed by atoms with Crippen molar-refractivity contribution < 1.29 is 19.8 Å². The molecule has 1 aromatic carbocycles. The lowest BCUT2D eigenvalue weighted by atomic mass is 9.94. The fourth-order valence-corrected chi connectivity index (χ4v) is 4.24. The molecule has 142 valence electrons. The first kappa shape index (κ1) is 19.3. The smallest absolute Gasteiger partial charge is 0.290 e. The molecule has 7 heteroatoms. The number of carbonyl (C=O) groups excluding carboxylic acids is 2. The van der Waals surface area contributed by atoms with E-state index in [-0.39, 0.29) is 18.7 Å². The number of hydrogen-bond donors (Lipinski definition) is 2. The molecule has 2 heterocycles.